The van der Waals surface area contributed by atoms with E-state index in [-0.39, 0.29) is 6.42 Å². The van der Waals surface area contributed by atoms with Gasteiger partial charge in [-0.15, -0.1) is 0 Å². The molecule has 106 valence electrons. The van der Waals surface area contributed by atoms with Gasteiger partial charge in [0.25, 0.3) is 0 Å². The van der Waals surface area contributed by atoms with E-state index in [0.29, 0.717) is 11.4 Å². The molecular formula is C15H19N3O2. The summed E-state index contributed by atoms with van der Waals surface area (Å²) in [4.78, 5) is 17.5. The number of nitriles is 1. The third-order valence-corrected chi connectivity index (χ3v) is 4.20. The number of carboxylic acids is 1. The summed E-state index contributed by atoms with van der Waals surface area (Å²) in [6.07, 6.45) is 6.57. The first-order valence-electron chi connectivity index (χ1n) is 6.90. The van der Waals surface area contributed by atoms with E-state index in [1.165, 1.54) is 0 Å². The molecule has 0 atom stereocenters. The van der Waals surface area contributed by atoms with Crippen LogP contribution in [0, 0.1) is 11.3 Å². The molecule has 1 fully saturated rings. The lowest BCUT2D eigenvalue weighted by molar-refractivity contribution is -0.138. The zero-order chi connectivity index (χ0) is 14.6. The minimum atomic E-state index is -0.798. The quantitative estimate of drug-likeness (QED) is 0.912. The summed E-state index contributed by atoms with van der Waals surface area (Å²) in [5.41, 5.74) is 0.0645. The number of nitrogens with zero attached hydrogens (tertiary/aromatic N) is 3. The number of aliphatic carboxylic acids is 1. The minimum Gasteiger partial charge on any atom is -0.481 e. The van der Waals surface area contributed by atoms with Crippen LogP contribution in [-0.2, 0) is 4.79 Å². The van der Waals surface area contributed by atoms with Gasteiger partial charge in [-0.25, -0.2) is 4.98 Å². The second-order valence-corrected chi connectivity index (χ2v) is 5.40. The number of rotatable bonds is 4. The fourth-order valence-electron chi connectivity index (χ4n) is 3.10. The molecule has 0 aromatic carbocycles. The van der Waals surface area contributed by atoms with Crippen LogP contribution in [-0.4, -0.2) is 28.6 Å². The van der Waals surface area contributed by atoms with Gasteiger partial charge in [0.1, 0.15) is 11.9 Å². The van der Waals surface area contributed by atoms with Gasteiger partial charge in [-0.05, 0) is 25.0 Å². The van der Waals surface area contributed by atoms with Gasteiger partial charge in [-0.3, -0.25) is 4.79 Å². The normalized spacial score (nSPS) is 17.2. The van der Waals surface area contributed by atoms with E-state index in [9.17, 15) is 15.2 Å². The van der Waals surface area contributed by atoms with Crippen LogP contribution in [0.25, 0.3) is 0 Å². The molecule has 1 aromatic heterocycles. The van der Waals surface area contributed by atoms with Crippen molar-refractivity contribution in [3.8, 4) is 6.07 Å². The number of hydrogen-bond acceptors (Lipinski definition) is 4. The average molecular weight is 273 g/mol. The summed E-state index contributed by atoms with van der Waals surface area (Å²) < 4.78 is 0. The summed E-state index contributed by atoms with van der Waals surface area (Å²) in [6.45, 7) is 0. The Balaban J connectivity index is 2.38. The van der Waals surface area contributed by atoms with E-state index in [2.05, 4.69) is 11.1 Å². The first kappa shape index (κ1) is 14.3. The molecule has 1 saturated carbocycles. The molecule has 20 heavy (non-hydrogen) atoms. The maximum Gasteiger partial charge on any atom is 0.305 e. The first-order chi connectivity index (χ1) is 9.59. The number of carboxylic acid groups (broad SMARTS) is 1. The summed E-state index contributed by atoms with van der Waals surface area (Å²) in [6, 6.07) is 5.58. The molecule has 0 radical (unpaired) electrons. The standard InChI is InChI=1S/C15H19N3O2/c1-18(14-12(11-16)6-5-9-17-14)15(10-13(19)20)7-3-2-4-8-15/h5-6,9H,2-4,7-8,10H2,1H3,(H,19,20). The lowest BCUT2D eigenvalue weighted by Crippen LogP contribution is -2.50. The molecule has 0 bridgehead atoms. The van der Waals surface area contributed by atoms with Crippen LogP contribution in [0.15, 0.2) is 18.3 Å². The zero-order valence-electron chi connectivity index (χ0n) is 11.7. The molecule has 1 aliphatic rings. The maximum absolute atomic E-state index is 11.3. The molecule has 0 aliphatic heterocycles. The predicted octanol–water partition coefficient (Wildman–Crippen LogP) is 2.57. The van der Waals surface area contributed by atoms with Crippen molar-refractivity contribution in [1.29, 1.82) is 5.26 Å². The molecule has 1 aliphatic carbocycles. The lowest BCUT2D eigenvalue weighted by Gasteiger charge is -2.44. The van der Waals surface area contributed by atoms with Gasteiger partial charge in [-0.1, -0.05) is 19.3 Å². The van der Waals surface area contributed by atoms with Crippen LogP contribution in [0.4, 0.5) is 5.82 Å². The van der Waals surface area contributed by atoms with Gasteiger partial charge in [-0.2, -0.15) is 5.26 Å². The van der Waals surface area contributed by atoms with Crippen LogP contribution in [0.2, 0.25) is 0 Å². The van der Waals surface area contributed by atoms with Crippen molar-refractivity contribution in [2.24, 2.45) is 0 Å². The minimum absolute atomic E-state index is 0.0882. The van der Waals surface area contributed by atoms with Crippen molar-refractivity contribution in [3.05, 3.63) is 23.9 Å². The van der Waals surface area contributed by atoms with Gasteiger partial charge in [0, 0.05) is 13.2 Å². The van der Waals surface area contributed by atoms with Crippen LogP contribution in [0.1, 0.15) is 44.1 Å². The number of pyridine rings is 1. The van der Waals surface area contributed by atoms with Gasteiger partial charge < -0.3 is 10.0 Å². The fraction of sp³-hybridized carbons (Fsp3) is 0.533. The van der Waals surface area contributed by atoms with Gasteiger partial charge >= 0.3 is 5.97 Å². The van der Waals surface area contributed by atoms with Gasteiger partial charge in [0.15, 0.2) is 0 Å². The van der Waals surface area contributed by atoms with Crippen molar-refractivity contribution in [2.75, 3.05) is 11.9 Å². The van der Waals surface area contributed by atoms with Crippen molar-refractivity contribution in [3.63, 3.8) is 0 Å². The molecular weight excluding hydrogens is 254 g/mol. The second kappa shape index (κ2) is 5.91. The number of hydrogen-bond donors (Lipinski definition) is 1. The Labute approximate surface area is 118 Å². The smallest absolute Gasteiger partial charge is 0.305 e. The van der Waals surface area contributed by atoms with Crippen LogP contribution < -0.4 is 4.90 Å². The molecule has 0 spiro atoms. The molecule has 0 unspecified atom stereocenters. The lowest BCUT2D eigenvalue weighted by atomic mass is 9.78. The Kier molecular flexibility index (Phi) is 4.23. The highest BCUT2D eigenvalue weighted by molar-refractivity contribution is 5.70. The number of anilines is 1. The largest absolute Gasteiger partial charge is 0.481 e. The Morgan fingerprint density at radius 3 is 2.80 bits per heavy atom. The van der Waals surface area contributed by atoms with Crippen molar-refractivity contribution in [1.82, 2.24) is 4.98 Å². The molecule has 5 nitrogen and oxygen atoms in total. The third kappa shape index (κ3) is 2.74. The second-order valence-electron chi connectivity index (χ2n) is 5.40. The van der Waals surface area contributed by atoms with Crippen LogP contribution in [0.3, 0.4) is 0 Å². The van der Waals surface area contributed by atoms with Gasteiger partial charge in [0.05, 0.1) is 17.5 Å². The molecule has 1 aromatic rings. The van der Waals surface area contributed by atoms with Crippen LogP contribution in [0.5, 0.6) is 0 Å². The fourth-order valence-corrected chi connectivity index (χ4v) is 3.10. The highest BCUT2D eigenvalue weighted by Crippen LogP contribution is 2.38. The summed E-state index contributed by atoms with van der Waals surface area (Å²) in [5.74, 6) is -0.216. The summed E-state index contributed by atoms with van der Waals surface area (Å²) in [5, 5.41) is 18.4. The molecule has 1 N–H and O–H groups in total. The zero-order valence-corrected chi connectivity index (χ0v) is 11.7. The van der Waals surface area contributed by atoms with E-state index in [4.69, 9.17) is 0 Å². The maximum atomic E-state index is 11.3. The third-order valence-electron chi connectivity index (χ3n) is 4.20. The first-order valence-corrected chi connectivity index (χ1v) is 6.90. The number of carbonyl (C=O) groups is 1. The molecule has 0 amide bonds. The Morgan fingerprint density at radius 2 is 2.20 bits per heavy atom. The van der Waals surface area contributed by atoms with Crippen molar-refractivity contribution < 1.29 is 9.90 Å². The summed E-state index contributed by atoms with van der Waals surface area (Å²) >= 11 is 0. The van der Waals surface area contributed by atoms with Gasteiger partial charge in [0.2, 0.25) is 0 Å². The molecule has 5 heteroatoms. The molecule has 2 rings (SSSR count). The van der Waals surface area contributed by atoms with E-state index in [1.54, 1.807) is 18.3 Å². The highest BCUT2D eigenvalue weighted by Gasteiger charge is 2.39. The Morgan fingerprint density at radius 1 is 1.50 bits per heavy atom. The van der Waals surface area contributed by atoms with Crippen LogP contribution >= 0.6 is 0 Å². The SMILES string of the molecule is CN(c1ncccc1C#N)C1(CC(=O)O)CCCCC1. The topological polar surface area (TPSA) is 77.2 Å². The molecule has 0 saturated heterocycles. The summed E-state index contributed by atoms with van der Waals surface area (Å²) in [7, 11) is 1.86. The van der Waals surface area contributed by atoms with E-state index in [0.717, 1.165) is 32.1 Å². The Hall–Kier alpha value is -2.09. The monoisotopic (exact) mass is 273 g/mol. The predicted molar refractivity (Wildman–Crippen MR) is 75.4 cm³/mol. The Bertz CT molecular complexity index is 530. The van der Waals surface area contributed by atoms with E-state index >= 15 is 0 Å². The van der Waals surface area contributed by atoms with E-state index < -0.39 is 11.5 Å². The van der Waals surface area contributed by atoms with Crippen molar-refractivity contribution >= 4 is 11.8 Å². The highest BCUT2D eigenvalue weighted by atomic mass is 16.4. The van der Waals surface area contributed by atoms with Crippen molar-refractivity contribution in [2.45, 2.75) is 44.1 Å². The number of aromatic nitrogens is 1. The molecule has 1 heterocycles. The average Bonchev–Trinajstić information content (AvgIpc) is 2.46. The van der Waals surface area contributed by atoms with E-state index in [1.807, 2.05) is 11.9 Å².